The summed E-state index contributed by atoms with van der Waals surface area (Å²) in [6.07, 6.45) is 0. The van der Waals surface area contributed by atoms with Crippen LogP contribution in [0.25, 0.3) is 5.57 Å². The minimum atomic E-state index is -0.311. The number of thioether (sulfide) groups is 1. The Kier molecular flexibility index (Phi) is 4.68. The Morgan fingerprint density at radius 3 is 2.23 bits per heavy atom. The molecule has 0 bridgehead atoms. The molecule has 0 radical (unpaired) electrons. The lowest BCUT2D eigenvalue weighted by molar-refractivity contribution is -0.119. The number of benzene rings is 2. The van der Waals surface area contributed by atoms with Crippen LogP contribution in [0.4, 0.5) is 5.69 Å². The van der Waals surface area contributed by atoms with Gasteiger partial charge in [0.1, 0.15) is 0 Å². The summed E-state index contributed by atoms with van der Waals surface area (Å²) in [5.74, 6) is -0.618. The molecule has 128 valence electrons. The van der Waals surface area contributed by atoms with Crippen LogP contribution in [0.2, 0.25) is 5.02 Å². The third-order valence-electron chi connectivity index (χ3n) is 3.86. The van der Waals surface area contributed by atoms with Crippen LogP contribution in [-0.2, 0) is 9.59 Å². The smallest absolute Gasteiger partial charge is 0.268 e. The molecule has 4 rings (SSSR count). The first-order valence-corrected chi connectivity index (χ1v) is 9.88. The third-order valence-corrected chi connectivity index (χ3v) is 6.09. The highest BCUT2D eigenvalue weighted by Gasteiger charge is 2.40. The molecule has 26 heavy (non-hydrogen) atoms. The number of carbonyl (C=O) groups excluding carboxylic acids is 2. The molecule has 2 amide bonds. The summed E-state index contributed by atoms with van der Waals surface area (Å²) >= 11 is 8.70. The fourth-order valence-electron chi connectivity index (χ4n) is 2.67. The molecule has 0 aliphatic carbocycles. The SMILES string of the molecule is O=C1C(Sc2ccccc2)=C(c2cccs2)C(=O)N1c1ccc(Cl)cc1. The first kappa shape index (κ1) is 17.1. The van der Waals surface area contributed by atoms with Crippen LogP contribution < -0.4 is 4.90 Å². The molecule has 0 N–H and O–H groups in total. The number of hydrogen-bond donors (Lipinski definition) is 0. The van der Waals surface area contributed by atoms with Crippen molar-refractivity contribution in [2.75, 3.05) is 4.90 Å². The highest BCUT2D eigenvalue weighted by molar-refractivity contribution is 8.04. The topological polar surface area (TPSA) is 37.4 Å². The van der Waals surface area contributed by atoms with Crippen molar-refractivity contribution >= 4 is 57.8 Å². The molecular weight excluding hydrogens is 386 g/mol. The lowest BCUT2D eigenvalue weighted by Gasteiger charge is -2.15. The van der Waals surface area contributed by atoms with E-state index >= 15 is 0 Å². The molecule has 6 heteroatoms. The first-order chi connectivity index (χ1) is 12.6. The molecule has 1 aliphatic rings. The third kappa shape index (κ3) is 3.09. The van der Waals surface area contributed by atoms with Crippen LogP contribution in [-0.4, -0.2) is 11.8 Å². The average molecular weight is 398 g/mol. The molecule has 1 aromatic heterocycles. The predicted octanol–water partition coefficient (Wildman–Crippen LogP) is 5.48. The highest BCUT2D eigenvalue weighted by Crippen LogP contribution is 2.42. The summed E-state index contributed by atoms with van der Waals surface area (Å²) in [6, 6.07) is 20.0. The fraction of sp³-hybridized carbons (Fsp3) is 0. The van der Waals surface area contributed by atoms with E-state index in [0.29, 0.717) is 21.2 Å². The molecule has 0 saturated carbocycles. The number of thiophene rings is 1. The maximum atomic E-state index is 13.1. The van der Waals surface area contributed by atoms with Gasteiger partial charge in [-0.25, -0.2) is 4.90 Å². The molecule has 0 fully saturated rings. The van der Waals surface area contributed by atoms with Gasteiger partial charge in [0, 0.05) is 14.8 Å². The van der Waals surface area contributed by atoms with Crippen LogP contribution >= 0.6 is 34.7 Å². The van der Waals surface area contributed by atoms with Crippen molar-refractivity contribution in [1.29, 1.82) is 0 Å². The Bertz CT molecular complexity index is 996. The number of rotatable bonds is 4. The Labute approximate surface area is 163 Å². The number of amides is 2. The van der Waals surface area contributed by atoms with E-state index < -0.39 is 0 Å². The molecule has 3 aromatic rings. The summed E-state index contributed by atoms with van der Waals surface area (Å²) < 4.78 is 0. The van der Waals surface area contributed by atoms with E-state index in [2.05, 4.69) is 0 Å². The zero-order chi connectivity index (χ0) is 18.1. The number of halogens is 1. The van der Waals surface area contributed by atoms with Crippen LogP contribution in [0.3, 0.4) is 0 Å². The molecule has 0 unspecified atom stereocenters. The van der Waals surface area contributed by atoms with Crippen LogP contribution in [0.1, 0.15) is 4.88 Å². The number of hydrogen-bond acceptors (Lipinski definition) is 4. The van der Waals surface area contributed by atoms with E-state index in [9.17, 15) is 9.59 Å². The normalized spacial score (nSPS) is 14.4. The van der Waals surface area contributed by atoms with E-state index in [0.717, 1.165) is 9.77 Å². The van der Waals surface area contributed by atoms with Crippen LogP contribution in [0.15, 0.2) is 81.9 Å². The van der Waals surface area contributed by atoms with Crippen molar-refractivity contribution in [3.05, 3.63) is 86.9 Å². The van der Waals surface area contributed by atoms with Crippen molar-refractivity contribution < 1.29 is 9.59 Å². The van der Waals surface area contributed by atoms with Crippen molar-refractivity contribution in [3.8, 4) is 0 Å². The van der Waals surface area contributed by atoms with Crippen molar-refractivity contribution in [2.45, 2.75) is 4.90 Å². The van der Waals surface area contributed by atoms with Gasteiger partial charge in [-0.05, 0) is 47.8 Å². The van der Waals surface area contributed by atoms with Gasteiger partial charge in [-0.2, -0.15) is 0 Å². The van der Waals surface area contributed by atoms with Crippen molar-refractivity contribution in [1.82, 2.24) is 0 Å². The maximum absolute atomic E-state index is 13.1. The number of nitrogens with zero attached hydrogens (tertiary/aromatic N) is 1. The number of imide groups is 1. The Hall–Kier alpha value is -2.34. The van der Waals surface area contributed by atoms with Gasteiger partial charge in [-0.15, -0.1) is 11.3 Å². The summed E-state index contributed by atoms with van der Waals surface area (Å²) in [6.45, 7) is 0. The largest absolute Gasteiger partial charge is 0.272 e. The minimum Gasteiger partial charge on any atom is -0.268 e. The molecule has 1 aliphatic heterocycles. The zero-order valence-corrected chi connectivity index (χ0v) is 15.8. The van der Waals surface area contributed by atoms with E-state index in [1.807, 2.05) is 47.8 Å². The summed E-state index contributed by atoms with van der Waals surface area (Å²) in [5, 5.41) is 2.45. The maximum Gasteiger partial charge on any atom is 0.272 e. The van der Waals surface area contributed by atoms with Crippen molar-refractivity contribution in [3.63, 3.8) is 0 Å². The quantitative estimate of drug-likeness (QED) is 0.547. The first-order valence-electron chi connectivity index (χ1n) is 7.80. The molecular formula is C20H12ClNO2S2. The van der Waals surface area contributed by atoms with Gasteiger partial charge in [-0.1, -0.05) is 47.6 Å². The molecule has 2 heterocycles. The van der Waals surface area contributed by atoms with Crippen molar-refractivity contribution in [2.24, 2.45) is 0 Å². The monoisotopic (exact) mass is 397 g/mol. The summed E-state index contributed by atoms with van der Waals surface area (Å²) in [4.78, 5) is 29.6. The second-order valence-corrected chi connectivity index (χ2v) is 7.99. The highest BCUT2D eigenvalue weighted by atomic mass is 35.5. The molecule has 0 saturated heterocycles. The molecule has 0 spiro atoms. The Morgan fingerprint density at radius 1 is 0.846 bits per heavy atom. The zero-order valence-electron chi connectivity index (χ0n) is 13.4. The number of carbonyl (C=O) groups is 2. The van der Waals surface area contributed by atoms with Crippen LogP contribution in [0.5, 0.6) is 0 Å². The fourth-order valence-corrected chi connectivity index (χ4v) is 4.64. The van der Waals surface area contributed by atoms with E-state index in [1.165, 1.54) is 28.0 Å². The average Bonchev–Trinajstić information content (AvgIpc) is 3.25. The Balaban J connectivity index is 1.79. The van der Waals surface area contributed by atoms with Gasteiger partial charge in [0.25, 0.3) is 11.8 Å². The van der Waals surface area contributed by atoms with Gasteiger partial charge < -0.3 is 0 Å². The number of anilines is 1. The van der Waals surface area contributed by atoms with E-state index in [4.69, 9.17) is 11.6 Å². The standard InChI is InChI=1S/C20H12ClNO2S2/c21-13-8-10-14(11-9-13)22-19(23)17(16-7-4-12-25-16)18(20(22)24)26-15-5-2-1-3-6-15/h1-12H. The molecule has 0 atom stereocenters. The van der Waals surface area contributed by atoms with Crippen LogP contribution in [0, 0.1) is 0 Å². The molecule has 3 nitrogen and oxygen atoms in total. The lowest BCUT2D eigenvalue weighted by Crippen LogP contribution is -2.31. The van der Waals surface area contributed by atoms with E-state index in [1.54, 1.807) is 24.3 Å². The van der Waals surface area contributed by atoms with E-state index in [-0.39, 0.29) is 11.8 Å². The predicted molar refractivity (Wildman–Crippen MR) is 107 cm³/mol. The summed E-state index contributed by atoms with van der Waals surface area (Å²) in [7, 11) is 0. The minimum absolute atomic E-state index is 0.307. The summed E-state index contributed by atoms with van der Waals surface area (Å²) in [5.41, 5.74) is 0.968. The van der Waals surface area contributed by atoms with Gasteiger partial charge in [-0.3, -0.25) is 9.59 Å². The lowest BCUT2D eigenvalue weighted by atomic mass is 10.2. The Morgan fingerprint density at radius 2 is 1.58 bits per heavy atom. The van der Waals surface area contributed by atoms with Gasteiger partial charge in [0.05, 0.1) is 16.2 Å². The second kappa shape index (κ2) is 7.11. The van der Waals surface area contributed by atoms with Gasteiger partial charge >= 0.3 is 0 Å². The second-order valence-electron chi connectivity index (χ2n) is 5.52. The molecule has 2 aromatic carbocycles. The van der Waals surface area contributed by atoms with Gasteiger partial charge in [0.2, 0.25) is 0 Å². The van der Waals surface area contributed by atoms with Gasteiger partial charge in [0.15, 0.2) is 0 Å².